The second-order valence-corrected chi connectivity index (χ2v) is 3.84. The van der Waals surface area contributed by atoms with E-state index in [9.17, 15) is 4.79 Å². The van der Waals surface area contributed by atoms with Gasteiger partial charge in [0.25, 0.3) is 0 Å². The molecule has 5 heteroatoms. The first-order chi connectivity index (χ1) is 7.22. The minimum Gasteiger partial charge on any atom is -0.330 e. The molecule has 0 aliphatic heterocycles. The molecule has 3 N–H and O–H groups in total. The summed E-state index contributed by atoms with van der Waals surface area (Å²) in [4.78, 5) is 11.4. The van der Waals surface area contributed by atoms with Crippen molar-refractivity contribution in [3.63, 3.8) is 0 Å². The van der Waals surface area contributed by atoms with Crippen LogP contribution in [-0.2, 0) is 24.7 Å². The smallest absolute Gasteiger partial charge is 0.226 e. The van der Waals surface area contributed by atoms with Crippen LogP contribution in [0, 0.1) is 0 Å². The third kappa shape index (κ3) is 1.87. The normalized spacial score (nSPS) is 14.0. The first kappa shape index (κ1) is 10.2. The lowest BCUT2D eigenvalue weighted by Crippen LogP contribution is -2.18. The molecule has 0 radical (unpaired) electrons. The van der Waals surface area contributed by atoms with Crippen molar-refractivity contribution in [3.8, 4) is 0 Å². The molecule has 0 unspecified atom stereocenters. The lowest BCUT2D eigenvalue weighted by atomic mass is 10.2. The minimum absolute atomic E-state index is 0.0322. The van der Waals surface area contributed by atoms with Gasteiger partial charge in [-0.3, -0.25) is 9.48 Å². The fraction of sp³-hybridized carbons (Fsp3) is 0.600. The summed E-state index contributed by atoms with van der Waals surface area (Å²) in [7, 11) is 1.86. The maximum absolute atomic E-state index is 11.4. The molecule has 1 aliphatic carbocycles. The van der Waals surface area contributed by atoms with E-state index < -0.39 is 0 Å². The first-order valence-corrected chi connectivity index (χ1v) is 5.27. The van der Waals surface area contributed by atoms with E-state index in [0.29, 0.717) is 13.0 Å². The molecule has 1 aliphatic rings. The molecule has 0 bridgehead atoms. The van der Waals surface area contributed by atoms with Crippen molar-refractivity contribution < 1.29 is 4.79 Å². The lowest BCUT2D eigenvalue weighted by molar-refractivity contribution is -0.116. The summed E-state index contributed by atoms with van der Waals surface area (Å²) < 4.78 is 1.75. The van der Waals surface area contributed by atoms with Crippen molar-refractivity contribution in [1.82, 2.24) is 9.78 Å². The molecule has 15 heavy (non-hydrogen) atoms. The fourth-order valence-corrected chi connectivity index (χ4v) is 2.00. The topological polar surface area (TPSA) is 72.9 Å². The second-order valence-electron chi connectivity index (χ2n) is 3.84. The number of amides is 1. The van der Waals surface area contributed by atoms with Crippen molar-refractivity contribution in [2.75, 3.05) is 11.9 Å². The van der Waals surface area contributed by atoms with Gasteiger partial charge in [-0.25, -0.2) is 0 Å². The fourth-order valence-electron chi connectivity index (χ4n) is 2.00. The highest BCUT2D eigenvalue weighted by Crippen LogP contribution is 2.27. The highest BCUT2D eigenvalue weighted by molar-refractivity contribution is 5.90. The number of anilines is 1. The average Bonchev–Trinajstić information content (AvgIpc) is 2.71. The lowest BCUT2D eigenvalue weighted by Gasteiger charge is -2.06. The Bertz CT molecular complexity index is 383. The van der Waals surface area contributed by atoms with E-state index in [0.717, 1.165) is 30.8 Å². The first-order valence-electron chi connectivity index (χ1n) is 5.27. The van der Waals surface area contributed by atoms with Crippen LogP contribution in [-0.4, -0.2) is 22.2 Å². The Balaban J connectivity index is 2.17. The Hall–Kier alpha value is -1.36. The molecule has 1 amide bonds. The molecular weight excluding hydrogens is 192 g/mol. The minimum atomic E-state index is -0.0322. The van der Waals surface area contributed by atoms with Crippen LogP contribution < -0.4 is 11.1 Å². The summed E-state index contributed by atoms with van der Waals surface area (Å²) in [5.41, 5.74) is 7.65. The van der Waals surface area contributed by atoms with Crippen molar-refractivity contribution >= 4 is 11.7 Å². The highest BCUT2D eigenvalue weighted by Gasteiger charge is 2.21. The molecule has 0 atom stereocenters. The van der Waals surface area contributed by atoms with E-state index in [1.807, 2.05) is 7.05 Å². The number of carbonyl (C=O) groups is 1. The van der Waals surface area contributed by atoms with Gasteiger partial charge in [0, 0.05) is 25.6 Å². The molecule has 0 fully saturated rings. The van der Waals surface area contributed by atoms with E-state index >= 15 is 0 Å². The molecular formula is C10H16N4O. The predicted octanol–water partition coefficient (Wildman–Crippen LogP) is 0.196. The van der Waals surface area contributed by atoms with Crippen molar-refractivity contribution in [1.29, 1.82) is 0 Å². The molecule has 2 rings (SSSR count). The summed E-state index contributed by atoms with van der Waals surface area (Å²) in [5.74, 6) is 0.816. The number of hydrogen-bond donors (Lipinski definition) is 2. The third-order valence-corrected chi connectivity index (χ3v) is 2.70. The van der Waals surface area contributed by atoms with Gasteiger partial charge in [-0.1, -0.05) is 0 Å². The van der Waals surface area contributed by atoms with Crippen molar-refractivity contribution in [2.45, 2.75) is 25.7 Å². The van der Waals surface area contributed by atoms with E-state index in [-0.39, 0.29) is 5.91 Å². The number of rotatable bonds is 3. The number of hydrogen-bond acceptors (Lipinski definition) is 3. The van der Waals surface area contributed by atoms with Crippen LogP contribution >= 0.6 is 0 Å². The zero-order valence-corrected chi connectivity index (χ0v) is 8.92. The molecule has 1 heterocycles. The van der Waals surface area contributed by atoms with Crippen LogP contribution in [0.25, 0.3) is 0 Å². The number of aryl methyl sites for hydroxylation is 2. The zero-order chi connectivity index (χ0) is 10.8. The number of nitrogens with two attached hydrogens (primary N) is 1. The summed E-state index contributed by atoms with van der Waals surface area (Å²) in [6.07, 6.45) is 3.54. The molecule has 1 aromatic rings. The van der Waals surface area contributed by atoms with Crippen LogP contribution in [0.2, 0.25) is 0 Å². The SMILES string of the molecule is Cn1nc2c(c1NC(=O)CCN)CCC2. The Morgan fingerprint density at radius 1 is 1.60 bits per heavy atom. The number of nitrogens with zero attached hydrogens (tertiary/aromatic N) is 2. The third-order valence-electron chi connectivity index (χ3n) is 2.70. The van der Waals surface area contributed by atoms with Crippen LogP contribution in [0.4, 0.5) is 5.82 Å². The molecule has 0 spiro atoms. The Kier molecular flexibility index (Phi) is 2.73. The molecule has 82 valence electrons. The molecule has 1 aromatic heterocycles. The van der Waals surface area contributed by atoms with Gasteiger partial charge in [0.2, 0.25) is 5.91 Å². The average molecular weight is 208 g/mol. The van der Waals surface area contributed by atoms with Gasteiger partial charge in [-0.05, 0) is 19.3 Å². The number of fused-ring (bicyclic) bond motifs is 1. The second kappa shape index (κ2) is 4.02. The predicted molar refractivity (Wildman–Crippen MR) is 57.5 cm³/mol. The van der Waals surface area contributed by atoms with E-state index in [4.69, 9.17) is 5.73 Å². The number of nitrogens with one attached hydrogen (secondary N) is 1. The Morgan fingerprint density at radius 2 is 2.40 bits per heavy atom. The molecule has 0 aromatic carbocycles. The van der Waals surface area contributed by atoms with Crippen LogP contribution in [0.1, 0.15) is 24.1 Å². The van der Waals surface area contributed by atoms with Gasteiger partial charge in [-0.15, -0.1) is 0 Å². The Labute approximate surface area is 88.6 Å². The summed E-state index contributed by atoms with van der Waals surface area (Å²) >= 11 is 0. The van der Waals surface area contributed by atoms with Gasteiger partial charge < -0.3 is 11.1 Å². The summed E-state index contributed by atoms with van der Waals surface area (Å²) in [5, 5.41) is 7.25. The number of carbonyl (C=O) groups excluding carboxylic acids is 1. The standard InChI is InChI=1S/C10H16N4O/c1-14-10(12-9(15)5-6-11)7-3-2-4-8(7)13-14/h2-6,11H2,1H3,(H,12,15). The van der Waals surface area contributed by atoms with Gasteiger partial charge in [-0.2, -0.15) is 5.10 Å². The van der Waals surface area contributed by atoms with Crippen molar-refractivity contribution in [3.05, 3.63) is 11.3 Å². The van der Waals surface area contributed by atoms with E-state index in [1.165, 1.54) is 5.56 Å². The van der Waals surface area contributed by atoms with E-state index in [1.54, 1.807) is 4.68 Å². The van der Waals surface area contributed by atoms with Gasteiger partial charge in [0.15, 0.2) is 0 Å². The Morgan fingerprint density at radius 3 is 3.13 bits per heavy atom. The zero-order valence-electron chi connectivity index (χ0n) is 8.92. The van der Waals surface area contributed by atoms with Crippen LogP contribution in [0.3, 0.4) is 0 Å². The van der Waals surface area contributed by atoms with E-state index in [2.05, 4.69) is 10.4 Å². The summed E-state index contributed by atoms with van der Waals surface area (Å²) in [6, 6.07) is 0. The maximum atomic E-state index is 11.4. The largest absolute Gasteiger partial charge is 0.330 e. The molecule has 0 saturated heterocycles. The molecule has 0 saturated carbocycles. The van der Waals surface area contributed by atoms with Crippen LogP contribution in [0.5, 0.6) is 0 Å². The van der Waals surface area contributed by atoms with Crippen LogP contribution in [0.15, 0.2) is 0 Å². The quantitative estimate of drug-likeness (QED) is 0.745. The summed E-state index contributed by atoms with van der Waals surface area (Å²) in [6.45, 7) is 0.381. The monoisotopic (exact) mass is 208 g/mol. The highest BCUT2D eigenvalue weighted by atomic mass is 16.1. The van der Waals surface area contributed by atoms with Gasteiger partial charge in [0.1, 0.15) is 5.82 Å². The number of aromatic nitrogens is 2. The van der Waals surface area contributed by atoms with Crippen molar-refractivity contribution in [2.24, 2.45) is 12.8 Å². The molecule has 5 nitrogen and oxygen atoms in total. The maximum Gasteiger partial charge on any atom is 0.226 e. The van der Waals surface area contributed by atoms with Gasteiger partial charge in [0.05, 0.1) is 5.69 Å². The van der Waals surface area contributed by atoms with Gasteiger partial charge >= 0.3 is 0 Å².